The Morgan fingerprint density at radius 1 is 0.310 bits per heavy atom. The molecule has 1 aliphatic rings. The molecule has 0 radical (unpaired) electrons. The van der Waals surface area contributed by atoms with Crippen LogP contribution in [-0.2, 0) is 0 Å². The second-order valence-corrected chi connectivity index (χ2v) is 17.6. The average Bonchev–Trinajstić information content (AvgIpc) is 3.69. The molecular weight excluding hydrogens is 863 g/mol. The topological polar surface area (TPSA) is 63.9 Å². The summed E-state index contributed by atoms with van der Waals surface area (Å²) in [5.41, 5.74) is 20.2. The molecule has 0 saturated carbocycles. The second-order valence-electron chi connectivity index (χ2n) is 17.6. The first-order chi connectivity index (χ1) is 35.2. The van der Waals surface area contributed by atoms with Gasteiger partial charge in [0.25, 0.3) is 0 Å². The molecule has 0 fully saturated rings. The lowest BCUT2D eigenvalue weighted by atomic mass is 9.94. The summed E-state index contributed by atoms with van der Waals surface area (Å²) in [6.45, 7) is 0. The minimum absolute atomic E-state index is 0.637. The first kappa shape index (κ1) is 42.9. The molecule has 71 heavy (non-hydrogen) atoms. The molecule has 11 aromatic rings. The van der Waals surface area contributed by atoms with Crippen molar-refractivity contribution < 1.29 is 0 Å². The number of benzene rings is 8. The van der Waals surface area contributed by atoms with Gasteiger partial charge in [-0.25, -0.2) is 9.97 Å². The Balaban J connectivity index is 0.881. The van der Waals surface area contributed by atoms with Gasteiger partial charge in [0.1, 0.15) is 0 Å². The van der Waals surface area contributed by atoms with Gasteiger partial charge in [0.05, 0.1) is 22.8 Å². The molecule has 0 amide bonds. The zero-order chi connectivity index (χ0) is 47.3. The van der Waals surface area contributed by atoms with Crippen LogP contribution in [-0.4, -0.2) is 25.6 Å². The summed E-state index contributed by atoms with van der Waals surface area (Å²) >= 11 is 0. The third-order valence-corrected chi connectivity index (χ3v) is 13.3. The van der Waals surface area contributed by atoms with E-state index in [-0.39, 0.29) is 0 Å². The number of hydrogen-bond donors (Lipinski definition) is 0. The van der Waals surface area contributed by atoms with Gasteiger partial charge in [0, 0.05) is 59.0 Å². The zero-order valence-electron chi connectivity index (χ0n) is 38.8. The predicted molar refractivity (Wildman–Crippen MR) is 293 cm³/mol. The van der Waals surface area contributed by atoms with Crippen LogP contribution in [0.15, 0.2) is 266 Å². The lowest BCUT2D eigenvalue weighted by molar-refractivity contribution is 1.18. The molecule has 0 saturated heterocycles. The van der Waals surface area contributed by atoms with E-state index in [4.69, 9.17) is 15.0 Å². The summed E-state index contributed by atoms with van der Waals surface area (Å²) in [5.74, 6) is 0.649. The summed E-state index contributed by atoms with van der Waals surface area (Å²) in [5, 5.41) is 2.13. The number of fused-ring (bicyclic) bond motifs is 1. The van der Waals surface area contributed by atoms with E-state index in [0.717, 1.165) is 83.6 Å². The van der Waals surface area contributed by atoms with Crippen molar-refractivity contribution in [3.8, 4) is 78.4 Å². The quantitative estimate of drug-likeness (QED) is 0.137. The van der Waals surface area contributed by atoms with Crippen molar-refractivity contribution in [1.29, 1.82) is 0 Å². The Morgan fingerprint density at radius 3 is 1.20 bits per heavy atom. The fourth-order valence-corrected chi connectivity index (χ4v) is 9.48. The number of rotatable bonds is 10. The third kappa shape index (κ3) is 9.04. The number of pyridine rings is 2. The molecule has 8 aromatic carbocycles. The summed E-state index contributed by atoms with van der Waals surface area (Å²) in [6.07, 6.45) is 12.4. The van der Waals surface area contributed by atoms with Gasteiger partial charge in [-0.15, -0.1) is 0 Å². The Bertz CT molecular complexity index is 3750. The maximum Gasteiger partial charge on any atom is 0.161 e. The summed E-state index contributed by atoms with van der Waals surface area (Å²) in [6, 6.07) is 79.1. The van der Waals surface area contributed by atoms with Gasteiger partial charge < -0.3 is 0 Å². The minimum atomic E-state index is 0.637. The molecule has 3 aromatic heterocycles. The molecular formula is C66H45N5. The number of aliphatic imine (C=N–C) groups is 1. The van der Waals surface area contributed by atoms with Gasteiger partial charge in [-0.05, 0) is 103 Å². The number of allylic oxidation sites excluding steroid dienone is 3. The van der Waals surface area contributed by atoms with Gasteiger partial charge >= 0.3 is 0 Å². The van der Waals surface area contributed by atoms with E-state index in [1.54, 1.807) is 0 Å². The highest BCUT2D eigenvalue weighted by Gasteiger charge is 2.18. The smallest absolute Gasteiger partial charge is 0.161 e. The molecule has 0 atom stereocenters. The van der Waals surface area contributed by atoms with Crippen LogP contribution in [0.5, 0.6) is 0 Å². The average molecular weight is 908 g/mol. The molecule has 0 aliphatic carbocycles. The van der Waals surface area contributed by atoms with Crippen LogP contribution in [0.4, 0.5) is 0 Å². The van der Waals surface area contributed by atoms with Crippen molar-refractivity contribution in [3.05, 3.63) is 278 Å². The van der Waals surface area contributed by atoms with E-state index in [1.807, 2.05) is 55.1 Å². The highest BCUT2D eigenvalue weighted by molar-refractivity contribution is 6.16. The maximum absolute atomic E-state index is 5.46. The maximum atomic E-state index is 5.46. The molecule has 0 bridgehead atoms. The van der Waals surface area contributed by atoms with Crippen molar-refractivity contribution in [2.45, 2.75) is 6.42 Å². The Morgan fingerprint density at radius 2 is 0.704 bits per heavy atom. The fraction of sp³-hybridized carbons (Fsp3) is 0.0152. The molecule has 334 valence electrons. The second kappa shape index (κ2) is 19.3. The van der Waals surface area contributed by atoms with E-state index < -0.39 is 0 Å². The predicted octanol–water partition coefficient (Wildman–Crippen LogP) is 16.4. The Hall–Kier alpha value is -9.45. The Labute approximate surface area is 413 Å². The van der Waals surface area contributed by atoms with Crippen LogP contribution in [0.2, 0.25) is 0 Å². The lowest BCUT2D eigenvalue weighted by Crippen LogP contribution is -2.02. The Kier molecular flexibility index (Phi) is 11.6. The molecule has 0 N–H and O–H groups in total. The van der Waals surface area contributed by atoms with Gasteiger partial charge in [-0.3, -0.25) is 15.0 Å². The van der Waals surface area contributed by atoms with Crippen molar-refractivity contribution in [3.63, 3.8) is 0 Å². The summed E-state index contributed by atoms with van der Waals surface area (Å²) in [4.78, 5) is 24.6. The minimum Gasteiger partial charge on any atom is -0.265 e. The molecule has 0 unspecified atom stereocenters. The fourth-order valence-electron chi connectivity index (χ4n) is 9.48. The van der Waals surface area contributed by atoms with Crippen LogP contribution in [0.25, 0.3) is 100 Å². The van der Waals surface area contributed by atoms with Gasteiger partial charge in [-0.1, -0.05) is 200 Å². The normalized spacial score (nSPS) is 12.4. The molecule has 4 heterocycles. The van der Waals surface area contributed by atoms with E-state index in [2.05, 4.69) is 216 Å². The first-order valence-corrected chi connectivity index (χ1v) is 23.9. The third-order valence-electron chi connectivity index (χ3n) is 13.3. The van der Waals surface area contributed by atoms with E-state index >= 15 is 0 Å². The van der Waals surface area contributed by atoms with E-state index in [9.17, 15) is 0 Å². The highest BCUT2D eigenvalue weighted by Crippen LogP contribution is 2.36. The largest absolute Gasteiger partial charge is 0.265 e. The van der Waals surface area contributed by atoms with Crippen LogP contribution in [0, 0.1) is 0 Å². The van der Waals surface area contributed by atoms with Gasteiger partial charge in [-0.2, -0.15) is 0 Å². The monoisotopic (exact) mass is 907 g/mol. The number of aromatic nitrogens is 4. The van der Waals surface area contributed by atoms with Crippen LogP contribution < -0.4 is 0 Å². The van der Waals surface area contributed by atoms with E-state index in [1.165, 1.54) is 33.4 Å². The highest BCUT2D eigenvalue weighted by atomic mass is 14.9. The standard InChI is InChI=1S/C66H45N5/c1-3-9-45(10-4-1)47-17-21-49(22-18-47)51-25-27-53(28-26-51)57-33-34-62(69-63(43-57)55-35-39-67-40-36-55)60-15-7-14-59-58(60)13-8-16-61(59)66-70-64(44-65(71-66)56-37-41-68-42-38-56)54-31-29-52(30-32-54)50-23-19-48(20-24-50)46-11-5-2-6-12-46/h1-33,35-44H,34H2. The zero-order valence-corrected chi connectivity index (χ0v) is 38.8. The lowest BCUT2D eigenvalue weighted by Gasteiger charge is -2.14. The number of hydrogen-bond acceptors (Lipinski definition) is 5. The van der Waals surface area contributed by atoms with Gasteiger partial charge in [0.15, 0.2) is 5.82 Å². The van der Waals surface area contributed by atoms with Crippen LogP contribution in [0.1, 0.15) is 23.1 Å². The van der Waals surface area contributed by atoms with Crippen LogP contribution >= 0.6 is 0 Å². The molecule has 0 spiro atoms. The molecule has 5 nitrogen and oxygen atoms in total. The summed E-state index contributed by atoms with van der Waals surface area (Å²) in [7, 11) is 0. The van der Waals surface area contributed by atoms with Crippen molar-refractivity contribution in [1.82, 2.24) is 19.9 Å². The van der Waals surface area contributed by atoms with E-state index in [0.29, 0.717) is 12.2 Å². The summed E-state index contributed by atoms with van der Waals surface area (Å²) < 4.78 is 0. The van der Waals surface area contributed by atoms with Gasteiger partial charge in [0.2, 0.25) is 0 Å². The van der Waals surface area contributed by atoms with Crippen molar-refractivity contribution >= 4 is 27.8 Å². The number of nitrogens with zero attached hydrogens (tertiary/aromatic N) is 5. The molecule has 12 rings (SSSR count). The SMILES string of the molecule is C1=C(c2ccc(-c3ccc(-c4ccccc4)cc3)cc2)C=C(c2ccncc2)N=C(c2cccc3c(-c4nc(-c5ccncc5)cc(-c5ccc(-c6ccc(-c7ccccc7)cc6)cc5)n4)cccc23)C1. The van der Waals surface area contributed by atoms with Crippen molar-refractivity contribution in [2.24, 2.45) is 4.99 Å². The van der Waals surface area contributed by atoms with Crippen molar-refractivity contribution in [2.75, 3.05) is 0 Å². The molecule has 1 aliphatic heterocycles. The molecule has 5 heteroatoms. The van der Waals surface area contributed by atoms with Crippen LogP contribution in [0.3, 0.4) is 0 Å². The first-order valence-electron chi connectivity index (χ1n) is 23.9.